The Morgan fingerprint density at radius 3 is 2.08 bits per heavy atom. The number of nitrogens with zero attached hydrogens (tertiary/aromatic N) is 2. The number of amides is 7. The van der Waals surface area contributed by atoms with Crippen LogP contribution < -0.4 is 43.4 Å². The van der Waals surface area contributed by atoms with Crippen molar-refractivity contribution < 1.29 is 33.6 Å². The quantitative estimate of drug-likeness (QED) is 0.0771. The SMILES string of the molecule is CC(=O)N[C@@H](Cc1ccccc1)C(=O)NC1CNC(=O)[C@H](CCCN=C(N)N)NC(=O)[C@H](Cc2ccccc2)NC(=O)[C@@H](CC2CCCCC2)NC(=O)C2CCCN2C1=O. The third-order valence-corrected chi connectivity index (χ3v) is 11.3. The number of rotatable bonds is 13. The van der Waals surface area contributed by atoms with Crippen molar-refractivity contribution in [1.82, 2.24) is 36.8 Å². The van der Waals surface area contributed by atoms with E-state index in [1.54, 1.807) is 24.3 Å². The van der Waals surface area contributed by atoms with E-state index in [1.807, 2.05) is 36.4 Å². The molecule has 0 radical (unpaired) electrons. The molecule has 2 unspecified atom stereocenters. The number of guanidine groups is 1. The molecule has 2 aliphatic heterocycles. The van der Waals surface area contributed by atoms with Gasteiger partial charge in [0.2, 0.25) is 41.4 Å². The zero-order valence-corrected chi connectivity index (χ0v) is 34.3. The first kappa shape index (κ1) is 45.1. The number of carbonyl (C=O) groups is 7. The standard InChI is InChI=1S/C43H60N10O7/c1-27(54)48-32(23-28-13-5-2-6-14-28)38(56)52-35-26-47-37(55)31(19-11-21-46-43(44)45)49-39(57)33(24-29-15-7-3-8-16-29)50-40(58)34(25-30-17-9-4-10-18-30)51-41(59)36-20-12-22-53(36)42(35)60/h2-3,5-8,13-16,30-36H,4,9-12,17-26H2,1H3,(H,47,55)(H,48,54)(H,49,57)(H,50,58)(H,51,59)(H,52,56)(H4,44,45,46)/t31-,32-,33-,34+,35?,36?/m0/s1. The lowest BCUT2D eigenvalue weighted by molar-refractivity contribution is -0.143. The average Bonchev–Trinajstić information content (AvgIpc) is 3.73. The highest BCUT2D eigenvalue weighted by Crippen LogP contribution is 2.28. The Morgan fingerprint density at radius 2 is 1.42 bits per heavy atom. The molecule has 2 aromatic carbocycles. The van der Waals surface area contributed by atoms with Crippen molar-refractivity contribution in [2.45, 2.75) is 120 Å². The fraction of sp³-hybridized carbons (Fsp3) is 0.535. The molecule has 0 bridgehead atoms. The van der Waals surface area contributed by atoms with Crippen LogP contribution in [0.15, 0.2) is 65.7 Å². The second-order valence-corrected chi connectivity index (χ2v) is 16.0. The summed E-state index contributed by atoms with van der Waals surface area (Å²) in [6.07, 6.45) is 6.61. The van der Waals surface area contributed by atoms with E-state index in [0.717, 1.165) is 43.2 Å². The van der Waals surface area contributed by atoms with E-state index in [-0.39, 0.29) is 50.7 Å². The van der Waals surface area contributed by atoms with Crippen LogP contribution in [0.25, 0.3) is 0 Å². The lowest BCUT2D eigenvalue weighted by Gasteiger charge is -2.33. The molecule has 2 heterocycles. The van der Waals surface area contributed by atoms with Crippen LogP contribution in [-0.2, 0) is 46.4 Å². The van der Waals surface area contributed by atoms with Crippen molar-refractivity contribution in [3.8, 4) is 0 Å². The van der Waals surface area contributed by atoms with Gasteiger partial charge in [-0.3, -0.25) is 38.6 Å². The Balaban J connectivity index is 1.49. The minimum Gasteiger partial charge on any atom is -0.370 e. The van der Waals surface area contributed by atoms with Gasteiger partial charge in [-0.25, -0.2) is 0 Å². The molecule has 10 N–H and O–H groups in total. The molecule has 1 aliphatic carbocycles. The molecule has 60 heavy (non-hydrogen) atoms. The Labute approximate surface area is 351 Å². The van der Waals surface area contributed by atoms with Crippen molar-refractivity contribution in [3.05, 3.63) is 71.8 Å². The molecule has 324 valence electrons. The van der Waals surface area contributed by atoms with Gasteiger partial charge in [-0.2, -0.15) is 0 Å². The van der Waals surface area contributed by atoms with Crippen LogP contribution in [-0.4, -0.2) is 108 Å². The zero-order chi connectivity index (χ0) is 43.0. The fourth-order valence-electron chi connectivity index (χ4n) is 8.24. The maximum Gasteiger partial charge on any atom is 0.247 e. The molecule has 7 amide bonds. The van der Waals surface area contributed by atoms with Gasteiger partial charge in [0, 0.05) is 39.4 Å². The molecule has 2 saturated heterocycles. The summed E-state index contributed by atoms with van der Waals surface area (Å²) in [5.74, 6) is -4.10. The van der Waals surface area contributed by atoms with E-state index in [0.29, 0.717) is 19.3 Å². The predicted molar refractivity (Wildman–Crippen MR) is 224 cm³/mol. The largest absolute Gasteiger partial charge is 0.370 e. The number of nitrogens with two attached hydrogens (primary N) is 2. The average molecular weight is 829 g/mol. The van der Waals surface area contributed by atoms with E-state index >= 15 is 0 Å². The molecule has 17 nitrogen and oxygen atoms in total. The monoisotopic (exact) mass is 828 g/mol. The van der Waals surface area contributed by atoms with Crippen LogP contribution in [0.1, 0.15) is 82.3 Å². The summed E-state index contributed by atoms with van der Waals surface area (Å²) in [7, 11) is 0. The Hall–Kier alpha value is -6.00. The molecular formula is C43H60N10O7. The third-order valence-electron chi connectivity index (χ3n) is 11.3. The fourth-order valence-corrected chi connectivity index (χ4v) is 8.24. The lowest BCUT2D eigenvalue weighted by atomic mass is 9.84. The smallest absolute Gasteiger partial charge is 0.247 e. The first-order chi connectivity index (χ1) is 28.9. The van der Waals surface area contributed by atoms with Gasteiger partial charge in [0.25, 0.3) is 0 Å². The van der Waals surface area contributed by atoms with E-state index in [9.17, 15) is 33.6 Å². The molecule has 2 aromatic rings. The number of hydrogen-bond donors (Lipinski definition) is 8. The van der Waals surface area contributed by atoms with Gasteiger partial charge >= 0.3 is 0 Å². The van der Waals surface area contributed by atoms with Crippen LogP contribution >= 0.6 is 0 Å². The summed E-state index contributed by atoms with van der Waals surface area (Å²) in [6, 6.07) is 11.5. The molecule has 0 aromatic heterocycles. The Morgan fingerprint density at radius 1 is 0.783 bits per heavy atom. The number of carbonyl (C=O) groups excluding carboxylic acids is 7. The minimum atomic E-state index is -1.38. The van der Waals surface area contributed by atoms with Gasteiger partial charge in [0.1, 0.15) is 36.3 Å². The van der Waals surface area contributed by atoms with E-state index in [1.165, 1.54) is 11.8 Å². The first-order valence-corrected chi connectivity index (χ1v) is 21.1. The Kier molecular flexibility index (Phi) is 16.8. The van der Waals surface area contributed by atoms with Crippen LogP contribution in [0, 0.1) is 5.92 Å². The van der Waals surface area contributed by atoms with Gasteiger partial charge in [-0.1, -0.05) is 92.8 Å². The van der Waals surface area contributed by atoms with Crippen molar-refractivity contribution in [2.75, 3.05) is 19.6 Å². The van der Waals surface area contributed by atoms with E-state index < -0.39 is 84.1 Å². The summed E-state index contributed by atoms with van der Waals surface area (Å²) in [6.45, 7) is 1.23. The highest BCUT2D eigenvalue weighted by molar-refractivity contribution is 5.98. The van der Waals surface area contributed by atoms with Crippen molar-refractivity contribution in [3.63, 3.8) is 0 Å². The first-order valence-electron chi connectivity index (χ1n) is 21.1. The summed E-state index contributed by atoms with van der Waals surface area (Å²) >= 11 is 0. The van der Waals surface area contributed by atoms with Gasteiger partial charge in [0.15, 0.2) is 5.96 Å². The summed E-state index contributed by atoms with van der Waals surface area (Å²) in [5.41, 5.74) is 12.6. The van der Waals surface area contributed by atoms with Gasteiger partial charge in [-0.05, 0) is 49.1 Å². The highest BCUT2D eigenvalue weighted by Gasteiger charge is 2.41. The molecule has 0 spiro atoms. The van der Waals surface area contributed by atoms with Crippen LogP contribution in [0.3, 0.4) is 0 Å². The molecule has 1 saturated carbocycles. The molecule has 5 rings (SSSR count). The van der Waals surface area contributed by atoms with E-state index in [4.69, 9.17) is 11.5 Å². The summed E-state index contributed by atoms with van der Waals surface area (Å²) in [5, 5.41) is 16.8. The van der Waals surface area contributed by atoms with Gasteiger partial charge in [-0.15, -0.1) is 0 Å². The molecule has 3 aliphatic rings. The number of hydrogen-bond acceptors (Lipinski definition) is 8. The van der Waals surface area contributed by atoms with Crippen LogP contribution in [0.2, 0.25) is 0 Å². The Bertz CT molecular complexity index is 1840. The van der Waals surface area contributed by atoms with Gasteiger partial charge in [0.05, 0.1) is 0 Å². The van der Waals surface area contributed by atoms with Crippen molar-refractivity contribution >= 4 is 47.3 Å². The second kappa shape index (κ2) is 22.4. The summed E-state index contributed by atoms with van der Waals surface area (Å²) in [4.78, 5) is 103. The van der Waals surface area contributed by atoms with Crippen molar-refractivity contribution in [1.29, 1.82) is 0 Å². The third kappa shape index (κ3) is 13.5. The number of fused-ring (bicyclic) bond motifs is 1. The number of benzene rings is 2. The highest BCUT2D eigenvalue weighted by atomic mass is 16.2. The lowest BCUT2D eigenvalue weighted by Crippen LogP contribution is -2.62. The number of aliphatic imine (C=N–C) groups is 1. The molecule has 3 fully saturated rings. The molecule has 6 atom stereocenters. The zero-order valence-electron chi connectivity index (χ0n) is 34.3. The van der Waals surface area contributed by atoms with Crippen LogP contribution in [0.4, 0.5) is 0 Å². The topological polar surface area (TPSA) is 259 Å². The minimum absolute atomic E-state index is 0.0849. The number of nitrogens with one attached hydrogen (secondary N) is 6. The summed E-state index contributed by atoms with van der Waals surface area (Å²) < 4.78 is 0. The molecular weight excluding hydrogens is 769 g/mol. The van der Waals surface area contributed by atoms with Crippen LogP contribution in [0.5, 0.6) is 0 Å². The van der Waals surface area contributed by atoms with Gasteiger partial charge < -0.3 is 48.3 Å². The predicted octanol–water partition coefficient (Wildman–Crippen LogP) is 0.0605. The molecule has 17 heteroatoms. The normalized spacial score (nSPS) is 23.9. The van der Waals surface area contributed by atoms with Crippen molar-refractivity contribution in [2.24, 2.45) is 22.4 Å². The second-order valence-electron chi connectivity index (χ2n) is 16.0. The van der Waals surface area contributed by atoms with E-state index in [2.05, 4.69) is 36.9 Å². The maximum atomic E-state index is 14.5. The maximum absolute atomic E-state index is 14.5.